The standard InChI is InChI=1S/C35H21NO2/c37-33-16-6-15-27-26-13-5-14-28(34(26)38-35(27)33)30-19-32-23-10-2-1-9-22(23)29(21-8-7-17-36-20-21)18-31(32)25-12-4-3-11-24(25)30/h1-20,37H. The fraction of sp³-hybridized carbons (Fsp3) is 0. The SMILES string of the molecule is Oc1cccc2c1oc1c(-c3cc4c5ccccc5c(-c5cccnc5)cc4c4ccccc34)cccc12. The van der Waals surface area contributed by atoms with Gasteiger partial charge in [-0.15, -0.1) is 0 Å². The van der Waals surface area contributed by atoms with Gasteiger partial charge < -0.3 is 9.52 Å². The van der Waals surface area contributed by atoms with E-state index in [0.29, 0.717) is 5.58 Å². The second-order valence-electron chi connectivity index (χ2n) is 9.71. The zero-order chi connectivity index (χ0) is 25.2. The summed E-state index contributed by atoms with van der Waals surface area (Å²) in [7, 11) is 0. The molecule has 8 rings (SSSR count). The molecule has 0 unspecified atom stereocenters. The third-order valence-electron chi connectivity index (χ3n) is 7.65. The first-order valence-corrected chi connectivity index (χ1v) is 12.7. The molecule has 8 aromatic rings. The van der Waals surface area contributed by atoms with Gasteiger partial charge in [-0.25, -0.2) is 0 Å². The molecule has 0 amide bonds. The molecule has 0 saturated heterocycles. The molecule has 0 aliphatic rings. The van der Waals surface area contributed by atoms with Gasteiger partial charge in [0.1, 0.15) is 5.58 Å². The number of nitrogens with zero attached hydrogens (tertiary/aromatic N) is 1. The Bertz CT molecular complexity index is 2190. The van der Waals surface area contributed by atoms with E-state index in [1.165, 1.54) is 32.5 Å². The maximum atomic E-state index is 10.5. The second-order valence-corrected chi connectivity index (χ2v) is 9.71. The van der Waals surface area contributed by atoms with Crippen molar-refractivity contribution in [2.24, 2.45) is 0 Å². The van der Waals surface area contributed by atoms with Crippen molar-refractivity contribution in [3.63, 3.8) is 0 Å². The largest absolute Gasteiger partial charge is 0.504 e. The summed E-state index contributed by atoms with van der Waals surface area (Å²) in [6.45, 7) is 0. The van der Waals surface area contributed by atoms with Crippen LogP contribution in [0.25, 0.3) is 76.5 Å². The van der Waals surface area contributed by atoms with E-state index in [9.17, 15) is 5.11 Å². The van der Waals surface area contributed by atoms with Crippen molar-refractivity contribution in [2.75, 3.05) is 0 Å². The Morgan fingerprint density at radius 2 is 1.08 bits per heavy atom. The summed E-state index contributed by atoms with van der Waals surface area (Å²) in [5.41, 5.74) is 5.70. The summed E-state index contributed by atoms with van der Waals surface area (Å²) in [4.78, 5) is 4.39. The fourth-order valence-electron chi connectivity index (χ4n) is 5.95. The molecule has 0 aliphatic heterocycles. The van der Waals surface area contributed by atoms with Gasteiger partial charge in [0.25, 0.3) is 0 Å². The molecule has 2 aromatic heterocycles. The highest BCUT2D eigenvalue weighted by Gasteiger charge is 2.18. The van der Waals surface area contributed by atoms with E-state index >= 15 is 0 Å². The molecular weight excluding hydrogens is 466 g/mol. The van der Waals surface area contributed by atoms with Crippen LogP contribution >= 0.6 is 0 Å². The first kappa shape index (κ1) is 21.0. The Kier molecular flexibility index (Phi) is 4.38. The molecule has 0 fully saturated rings. The molecule has 0 saturated carbocycles. The van der Waals surface area contributed by atoms with E-state index in [1.807, 2.05) is 30.6 Å². The fourth-order valence-corrected chi connectivity index (χ4v) is 5.95. The van der Waals surface area contributed by atoms with Gasteiger partial charge >= 0.3 is 0 Å². The van der Waals surface area contributed by atoms with E-state index in [1.54, 1.807) is 6.07 Å². The highest BCUT2D eigenvalue weighted by atomic mass is 16.4. The molecule has 6 aromatic carbocycles. The molecule has 3 heteroatoms. The Hall–Kier alpha value is -5.15. The second kappa shape index (κ2) is 7.92. The minimum absolute atomic E-state index is 0.155. The third kappa shape index (κ3) is 2.93. The maximum Gasteiger partial charge on any atom is 0.177 e. The Balaban J connectivity index is 1.53. The van der Waals surface area contributed by atoms with Crippen molar-refractivity contribution in [3.8, 4) is 28.0 Å². The van der Waals surface area contributed by atoms with Crippen LogP contribution in [0.5, 0.6) is 5.75 Å². The van der Waals surface area contributed by atoms with Gasteiger partial charge in [-0.05, 0) is 67.7 Å². The minimum atomic E-state index is 0.155. The van der Waals surface area contributed by atoms with Crippen molar-refractivity contribution >= 4 is 54.3 Å². The summed E-state index contributed by atoms with van der Waals surface area (Å²) >= 11 is 0. The number of para-hydroxylation sites is 2. The Morgan fingerprint density at radius 1 is 0.474 bits per heavy atom. The van der Waals surface area contributed by atoms with Crippen molar-refractivity contribution < 1.29 is 9.52 Å². The van der Waals surface area contributed by atoms with Crippen LogP contribution < -0.4 is 0 Å². The lowest BCUT2D eigenvalue weighted by molar-refractivity contribution is 0.469. The number of pyridine rings is 1. The number of hydrogen-bond acceptors (Lipinski definition) is 3. The number of fused-ring (bicyclic) bond motifs is 8. The van der Waals surface area contributed by atoms with Crippen LogP contribution in [0.15, 0.2) is 126 Å². The highest BCUT2D eigenvalue weighted by molar-refractivity contribution is 6.25. The lowest BCUT2D eigenvalue weighted by Gasteiger charge is -2.16. The molecule has 0 aliphatic carbocycles. The maximum absolute atomic E-state index is 10.5. The van der Waals surface area contributed by atoms with Crippen LogP contribution in [0.3, 0.4) is 0 Å². The van der Waals surface area contributed by atoms with Crippen molar-refractivity contribution in [2.45, 2.75) is 0 Å². The topological polar surface area (TPSA) is 46.3 Å². The summed E-state index contributed by atoms with van der Waals surface area (Å²) < 4.78 is 6.34. The monoisotopic (exact) mass is 487 g/mol. The quantitative estimate of drug-likeness (QED) is 0.247. The highest BCUT2D eigenvalue weighted by Crippen LogP contribution is 2.44. The van der Waals surface area contributed by atoms with E-state index < -0.39 is 0 Å². The lowest BCUT2D eigenvalue weighted by atomic mass is 9.88. The Morgan fingerprint density at radius 3 is 1.79 bits per heavy atom. The van der Waals surface area contributed by atoms with E-state index in [-0.39, 0.29) is 5.75 Å². The third-order valence-corrected chi connectivity index (χ3v) is 7.65. The van der Waals surface area contributed by atoms with Crippen LogP contribution in [0.4, 0.5) is 0 Å². The van der Waals surface area contributed by atoms with Crippen LogP contribution in [-0.4, -0.2) is 10.1 Å². The number of furan rings is 1. The molecule has 38 heavy (non-hydrogen) atoms. The van der Waals surface area contributed by atoms with Gasteiger partial charge in [0.05, 0.1) is 0 Å². The van der Waals surface area contributed by atoms with Crippen LogP contribution in [0.1, 0.15) is 0 Å². The Labute approximate surface area is 218 Å². The molecule has 0 bridgehead atoms. The van der Waals surface area contributed by atoms with Crippen molar-refractivity contribution in [3.05, 3.63) is 122 Å². The zero-order valence-corrected chi connectivity index (χ0v) is 20.3. The van der Waals surface area contributed by atoms with Crippen LogP contribution in [0, 0.1) is 0 Å². The molecule has 2 heterocycles. The van der Waals surface area contributed by atoms with E-state index in [0.717, 1.165) is 38.4 Å². The molecule has 3 nitrogen and oxygen atoms in total. The van der Waals surface area contributed by atoms with E-state index in [4.69, 9.17) is 4.42 Å². The predicted octanol–water partition coefficient (Wildman–Crippen LogP) is 9.48. The van der Waals surface area contributed by atoms with E-state index in [2.05, 4.69) is 89.9 Å². The van der Waals surface area contributed by atoms with Crippen molar-refractivity contribution in [1.82, 2.24) is 4.98 Å². The molecule has 0 spiro atoms. The average Bonchev–Trinajstić information content (AvgIpc) is 3.37. The normalized spacial score (nSPS) is 11.8. The number of rotatable bonds is 2. The number of aromatic hydroxyl groups is 1. The lowest BCUT2D eigenvalue weighted by Crippen LogP contribution is -1.89. The molecule has 1 N–H and O–H groups in total. The molecule has 0 radical (unpaired) electrons. The van der Waals surface area contributed by atoms with Crippen molar-refractivity contribution in [1.29, 1.82) is 0 Å². The summed E-state index contributed by atoms with van der Waals surface area (Å²) in [5, 5.41) is 19.5. The number of hydrogen-bond donors (Lipinski definition) is 1. The molecule has 0 atom stereocenters. The van der Waals surface area contributed by atoms with Gasteiger partial charge in [0.2, 0.25) is 0 Å². The summed E-state index contributed by atoms with van der Waals surface area (Å²) in [6, 6.07) is 37.6. The molecular formula is C35H21NO2. The van der Waals surface area contributed by atoms with Gasteiger partial charge in [-0.1, -0.05) is 84.9 Å². The van der Waals surface area contributed by atoms with Gasteiger partial charge in [-0.3, -0.25) is 4.98 Å². The predicted molar refractivity (Wildman–Crippen MR) is 157 cm³/mol. The first-order chi connectivity index (χ1) is 18.8. The first-order valence-electron chi connectivity index (χ1n) is 12.7. The number of benzene rings is 6. The van der Waals surface area contributed by atoms with Gasteiger partial charge in [0, 0.05) is 34.3 Å². The van der Waals surface area contributed by atoms with Crippen LogP contribution in [-0.2, 0) is 0 Å². The van der Waals surface area contributed by atoms with Gasteiger partial charge in [0.15, 0.2) is 11.3 Å². The smallest absolute Gasteiger partial charge is 0.177 e. The number of phenolic OH excluding ortho intramolecular Hbond substituents is 1. The average molecular weight is 488 g/mol. The number of aromatic nitrogens is 1. The molecule has 178 valence electrons. The summed E-state index contributed by atoms with van der Waals surface area (Å²) in [5.74, 6) is 0.155. The minimum Gasteiger partial charge on any atom is -0.504 e. The number of phenols is 1. The van der Waals surface area contributed by atoms with Crippen LogP contribution in [0.2, 0.25) is 0 Å². The summed E-state index contributed by atoms with van der Waals surface area (Å²) in [6.07, 6.45) is 3.74. The van der Waals surface area contributed by atoms with Gasteiger partial charge in [-0.2, -0.15) is 0 Å². The zero-order valence-electron chi connectivity index (χ0n) is 20.3.